The first-order chi connectivity index (χ1) is 10.4. The Hall–Kier alpha value is -2.08. The third kappa shape index (κ3) is 4.73. The summed E-state index contributed by atoms with van der Waals surface area (Å²) in [4.78, 5) is 22.0. The lowest BCUT2D eigenvalue weighted by Gasteiger charge is -2.10. The van der Waals surface area contributed by atoms with E-state index < -0.39 is 18.0 Å². The number of nitrogens with two attached hydrogens (primary N) is 1. The van der Waals surface area contributed by atoms with Crippen LogP contribution in [0.4, 0.5) is 5.69 Å². The molecule has 1 fully saturated rings. The van der Waals surface area contributed by atoms with Gasteiger partial charge < -0.3 is 20.8 Å². The van der Waals surface area contributed by atoms with E-state index in [0.717, 1.165) is 23.4 Å². The van der Waals surface area contributed by atoms with Crippen molar-refractivity contribution in [2.75, 3.05) is 18.8 Å². The minimum Gasteiger partial charge on any atom is -0.474 e. The number of rotatable bonds is 2. The summed E-state index contributed by atoms with van der Waals surface area (Å²) < 4.78 is 0. The summed E-state index contributed by atoms with van der Waals surface area (Å²) in [6, 6.07) is 6.26. The molecule has 0 aromatic heterocycles. The van der Waals surface area contributed by atoms with Crippen molar-refractivity contribution in [2.24, 2.45) is 0 Å². The molecule has 2 rings (SSSR count). The predicted molar refractivity (Wildman–Crippen MR) is 84.5 cm³/mol. The monoisotopic (exact) mass is 308 g/mol. The SMILES string of the molecule is CCc1cccc(CC)c1N.O=C(O)C(=O)N1CCC(O)C1. The van der Waals surface area contributed by atoms with E-state index >= 15 is 0 Å². The van der Waals surface area contributed by atoms with Crippen LogP contribution >= 0.6 is 0 Å². The Morgan fingerprint density at radius 1 is 1.27 bits per heavy atom. The molecule has 1 saturated heterocycles. The average molecular weight is 308 g/mol. The van der Waals surface area contributed by atoms with Gasteiger partial charge in [0.15, 0.2) is 0 Å². The lowest BCUT2D eigenvalue weighted by Crippen LogP contribution is -2.35. The average Bonchev–Trinajstić information content (AvgIpc) is 2.93. The minimum absolute atomic E-state index is 0.144. The highest BCUT2D eigenvalue weighted by Gasteiger charge is 2.28. The van der Waals surface area contributed by atoms with Crippen LogP contribution in [0.25, 0.3) is 0 Å². The van der Waals surface area contributed by atoms with Crippen LogP contribution in [0, 0.1) is 0 Å². The zero-order valence-electron chi connectivity index (χ0n) is 13.1. The van der Waals surface area contributed by atoms with Gasteiger partial charge in [-0.15, -0.1) is 0 Å². The molecular weight excluding hydrogens is 284 g/mol. The maximum Gasteiger partial charge on any atom is 0.394 e. The van der Waals surface area contributed by atoms with E-state index in [0.29, 0.717) is 13.0 Å². The normalized spacial score (nSPS) is 16.9. The fourth-order valence-electron chi connectivity index (χ4n) is 2.34. The largest absolute Gasteiger partial charge is 0.474 e. The van der Waals surface area contributed by atoms with Crippen LogP contribution < -0.4 is 5.73 Å². The van der Waals surface area contributed by atoms with Gasteiger partial charge in [-0.1, -0.05) is 32.0 Å². The highest BCUT2D eigenvalue weighted by Crippen LogP contribution is 2.17. The summed E-state index contributed by atoms with van der Waals surface area (Å²) in [6.07, 6.45) is 1.97. The standard InChI is InChI=1S/C10H15N.C6H9NO4/c1-3-8-6-5-7-9(4-2)10(8)11;8-4-1-2-7(3-4)5(9)6(10)11/h5-7H,3-4,11H2,1-2H3;4,8H,1-3H2,(H,10,11). The first-order valence-corrected chi connectivity index (χ1v) is 7.47. The fourth-order valence-corrected chi connectivity index (χ4v) is 2.34. The molecule has 0 aliphatic carbocycles. The topological polar surface area (TPSA) is 104 Å². The van der Waals surface area contributed by atoms with Gasteiger partial charge in [-0.25, -0.2) is 4.79 Å². The van der Waals surface area contributed by atoms with Crippen molar-refractivity contribution in [2.45, 2.75) is 39.2 Å². The van der Waals surface area contributed by atoms with Crippen molar-refractivity contribution in [1.82, 2.24) is 4.90 Å². The van der Waals surface area contributed by atoms with E-state index in [2.05, 4.69) is 32.0 Å². The number of aliphatic carboxylic acids is 1. The van der Waals surface area contributed by atoms with E-state index in [1.54, 1.807) is 0 Å². The Bertz CT molecular complexity index is 509. The molecule has 1 atom stereocenters. The second kappa shape index (κ2) is 8.38. The number of carboxylic acids is 1. The molecule has 1 aromatic rings. The number of amides is 1. The lowest BCUT2D eigenvalue weighted by molar-refractivity contribution is -0.155. The van der Waals surface area contributed by atoms with Gasteiger partial charge in [0.25, 0.3) is 0 Å². The molecule has 122 valence electrons. The van der Waals surface area contributed by atoms with E-state index in [1.165, 1.54) is 11.1 Å². The van der Waals surface area contributed by atoms with Gasteiger partial charge in [0.2, 0.25) is 0 Å². The maximum absolute atomic E-state index is 10.7. The van der Waals surface area contributed by atoms with Gasteiger partial charge in [-0.2, -0.15) is 0 Å². The zero-order valence-corrected chi connectivity index (χ0v) is 13.1. The molecule has 6 heteroatoms. The Labute approximate surface area is 130 Å². The zero-order chi connectivity index (χ0) is 16.7. The quantitative estimate of drug-likeness (QED) is 0.560. The number of likely N-dealkylation sites (tertiary alicyclic amines) is 1. The molecule has 0 radical (unpaired) electrons. The summed E-state index contributed by atoms with van der Waals surface area (Å²) in [5.74, 6) is -2.39. The number of nitrogens with zero attached hydrogens (tertiary/aromatic N) is 1. The summed E-state index contributed by atoms with van der Waals surface area (Å²) in [6.45, 7) is 4.74. The fraction of sp³-hybridized carbons (Fsp3) is 0.500. The molecule has 0 spiro atoms. The van der Waals surface area contributed by atoms with Crippen molar-refractivity contribution in [1.29, 1.82) is 0 Å². The summed E-state index contributed by atoms with van der Waals surface area (Å²) in [5.41, 5.74) is 9.42. The number of anilines is 1. The van der Waals surface area contributed by atoms with Crippen LogP contribution in [0.3, 0.4) is 0 Å². The van der Waals surface area contributed by atoms with Gasteiger partial charge in [-0.05, 0) is 30.4 Å². The molecule has 1 aliphatic heterocycles. The van der Waals surface area contributed by atoms with Gasteiger partial charge in [-0.3, -0.25) is 4.79 Å². The molecular formula is C16H24N2O4. The number of aliphatic hydroxyl groups is 1. The molecule has 4 N–H and O–H groups in total. The van der Waals surface area contributed by atoms with Gasteiger partial charge in [0.05, 0.1) is 6.10 Å². The number of hydrogen-bond acceptors (Lipinski definition) is 4. The third-order valence-electron chi connectivity index (χ3n) is 3.68. The van der Waals surface area contributed by atoms with Gasteiger partial charge >= 0.3 is 11.9 Å². The minimum atomic E-state index is -1.46. The second-order valence-corrected chi connectivity index (χ2v) is 5.20. The smallest absolute Gasteiger partial charge is 0.394 e. The Morgan fingerprint density at radius 2 is 1.82 bits per heavy atom. The van der Waals surface area contributed by atoms with Crippen molar-refractivity contribution in [3.05, 3.63) is 29.3 Å². The predicted octanol–water partition coefficient (Wildman–Crippen LogP) is 1.06. The van der Waals surface area contributed by atoms with Crippen molar-refractivity contribution >= 4 is 17.6 Å². The number of carboxylic acid groups (broad SMARTS) is 1. The third-order valence-corrected chi connectivity index (χ3v) is 3.68. The van der Waals surface area contributed by atoms with Crippen molar-refractivity contribution in [3.63, 3.8) is 0 Å². The number of nitrogen functional groups attached to an aromatic ring is 1. The molecule has 0 bridgehead atoms. The number of aliphatic hydroxyl groups excluding tert-OH is 1. The number of para-hydroxylation sites is 1. The number of carbonyl (C=O) groups excluding carboxylic acids is 1. The highest BCUT2D eigenvalue weighted by atomic mass is 16.4. The highest BCUT2D eigenvalue weighted by molar-refractivity contribution is 6.31. The van der Waals surface area contributed by atoms with Gasteiger partial charge in [0.1, 0.15) is 0 Å². The summed E-state index contributed by atoms with van der Waals surface area (Å²) >= 11 is 0. The number of benzene rings is 1. The number of carbonyl (C=O) groups is 2. The van der Waals surface area contributed by atoms with Crippen LogP contribution in [0.2, 0.25) is 0 Å². The number of hydrogen-bond donors (Lipinski definition) is 3. The second-order valence-electron chi connectivity index (χ2n) is 5.20. The molecule has 1 amide bonds. The van der Waals surface area contributed by atoms with Crippen LogP contribution in [0.15, 0.2) is 18.2 Å². The molecule has 1 aliphatic rings. The summed E-state index contributed by atoms with van der Waals surface area (Å²) in [7, 11) is 0. The van der Waals surface area contributed by atoms with E-state index in [-0.39, 0.29) is 6.54 Å². The molecule has 22 heavy (non-hydrogen) atoms. The van der Waals surface area contributed by atoms with Gasteiger partial charge in [0, 0.05) is 18.8 Å². The number of aryl methyl sites for hydroxylation is 2. The molecule has 0 saturated carbocycles. The van der Waals surface area contributed by atoms with Crippen LogP contribution in [-0.4, -0.2) is 46.2 Å². The first-order valence-electron chi connectivity index (χ1n) is 7.47. The molecule has 1 unspecified atom stereocenters. The molecule has 1 aromatic carbocycles. The maximum atomic E-state index is 10.7. The van der Waals surface area contributed by atoms with E-state index in [9.17, 15) is 9.59 Å². The number of β-amino-alcohol motifs (C(OH)–C–C–N with tert-alkyl or cyclic N) is 1. The van der Waals surface area contributed by atoms with E-state index in [1.807, 2.05) is 0 Å². The first kappa shape index (κ1) is 18.0. The lowest BCUT2D eigenvalue weighted by atomic mass is 10.0. The van der Waals surface area contributed by atoms with Crippen LogP contribution in [0.1, 0.15) is 31.4 Å². The van der Waals surface area contributed by atoms with Crippen LogP contribution in [-0.2, 0) is 22.4 Å². The van der Waals surface area contributed by atoms with Crippen molar-refractivity contribution < 1.29 is 19.8 Å². The Balaban J connectivity index is 0.000000220. The van der Waals surface area contributed by atoms with Crippen molar-refractivity contribution in [3.8, 4) is 0 Å². The van der Waals surface area contributed by atoms with Crippen LogP contribution in [0.5, 0.6) is 0 Å². The molecule has 1 heterocycles. The Morgan fingerprint density at radius 3 is 2.18 bits per heavy atom. The molecule has 6 nitrogen and oxygen atoms in total. The van der Waals surface area contributed by atoms with E-state index in [4.69, 9.17) is 15.9 Å². The summed E-state index contributed by atoms with van der Waals surface area (Å²) in [5, 5.41) is 17.2. The Kier molecular flexibility index (Phi) is 6.85.